The normalized spacial score (nSPS) is 17.9. The number of amides is 3. The summed E-state index contributed by atoms with van der Waals surface area (Å²) in [7, 11) is 0. The van der Waals surface area contributed by atoms with Crippen molar-refractivity contribution in [2.24, 2.45) is 5.92 Å². The number of aryl methyl sites for hydroxylation is 2. The Morgan fingerprint density at radius 3 is 2.49 bits per heavy atom. The van der Waals surface area contributed by atoms with E-state index in [1.54, 1.807) is 15.6 Å². The van der Waals surface area contributed by atoms with Crippen LogP contribution in [-0.2, 0) is 22.7 Å². The van der Waals surface area contributed by atoms with Crippen LogP contribution in [0.4, 0.5) is 0 Å². The van der Waals surface area contributed by atoms with Crippen molar-refractivity contribution in [2.45, 2.75) is 79.1 Å². The van der Waals surface area contributed by atoms with Gasteiger partial charge in [0.25, 0.3) is 5.91 Å². The first-order chi connectivity index (χ1) is 22.6. The van der Waals surface area contributed by atoms with E-state index in [2.05, 4.69) is 10.6 Å². The molecule has 4 aromatic rings. The molecule has 248 valence electrons. The smallest absolute Gasteiger partial charge is 0.289 e. The molecule has 0 radical (unpaired) electrons. The molecule has 3 amide bonds. The molecule has 47 heavy (non-hydrogen) atoms. The number of carbonyl (C=O) groups is 3. The molecule has 2 atom stereocenters. The van der Waals surface area contributed by atoms with E-state index in [-0.39, 0.29) is 49.0 Å². The lowest BCUT2D eigenvalue weighted by Gasteiger charge is -2.25. The molecular weight excluding hydrogens is 596 g/mol. The van der Waals surface area contributed by atoms with Gasteiger partial charge in [-0.2, -0.15) is 5.10 Å². The van der Waals surface area contributed by atoms with Gasteiger partial charge in [-0.3, -0.25) is 14.4 Å². The number of hydrogen-bond acceptors (Lipinski definition) is 7. The van der Waals surface area contributed by atoms with Crippen molar-refractivity contribution in [1.29, 1.82) is 0 Å². The summed E-state index contributed by atoms with van der Waals surface area (Å²) in [5.74, 6) is 2.03. The first-order valence-electron chi connectivity index (χ1n) is 16.2. The van der Waals surface area contributed by atoms with Crippen molar-refractivity contribution in [3.63, 3.8) is 0 Å². The van der Waals surface area contributed by atoms with Gasteiger partial charge in [-0.05, 0) is 57.7 Å². The molecule has 3 heterocycles. The van der Waals surface area contributed by atoms with Gasteiger partial charge in [0.15, 0.2) is 11.6 Å². The van der Waals surface area contributed by atoms with Crippen molar-refractivity contribution in [2.75, 3.05) is 13.1 Å². The highest BCUT2D eigenvalue weighted by atomic mass is 16.5. The highest BCUT2D eigenvalue weighted by molar-refractivity contribution is 5.92. The second-order valence-corrected chi connectivity index (χ2v) is 12.6. The van der Waals surface area contributed by atoms with Crippen molar-refractivity contribution >= 4 is 17.7 Å². The average Bonchev–Trinajstić information content (AvgIpc) is 3.65. The maximum atomic E-state index is 13.9. The lowest BCUT2D eigenvalue weighted by molar-refractivity contribution is -0.129. The summed E-state index contributed by atoms with van der Waals surface area (Å²) in [5, 5.41) is 10.8. The summed E-state index contributed by atoms with van der Waals surface area (Å²) in [5.41, 5.74) is 2.76. The Hall–Kier alpha value is -4.93. The molecule has 0 unspecified atom stereocenters. The lowest BCUT2D eigenvalue weighted by atomic mass is 10.0. The standard InChI is InChI=1S/C36H44N6O5/c1-23(2)20-30-35(44)37-25(4)34-39-33(27-10-7-6-8-11-27)40-42(34)19-18-41(17-9-12-32(43)38-30)36(45)31-21-28(26(5)47-31)22-46-29-15-13-24(3)14-16-29/h6-8,10-11,13-16,21,23,25,30H,9,12,17-20,22H2,1-5H3,(H,37,44)(H,38,43)/t25-,30-/m1/s1. The van der Waals surface area contributed by atoms with Crippen LogP contribution in [0.15, 0.2) is 65.1 Å². The predicted octanol–water partition coefficient (Wildman–Crippen LogP) is 5.38. The summed E-state index contributed by atoms with van der Waals surface area (Å²) in [6.07, 6.45) is 1.07. The number of furan rings is 1. The maximum absolute atomic E-state index is 13.9. The van der Waals surface area contributed by atoms with Crippen LogP contribution in [0.2, 0.25) is 0 Å². The SMILES string of the molecule is Cc1ccc(OCc2cc(C(=O)N3CCCC(=O)N[C@H](CC(C)C)C(=O)N[C@H](C)c4nc(-c5ccccc5)nn4CC3)oc2C)cc1. The fourth-order valence-electron chi connectivity index (χ4n) is 5.58. The molecule has 1 aliphatic heterocycles. The molecule has 0 saturated heterocycles. The molecule has 0 aliphatic carbocycles. The molecule has 11 nitrogen and oxygen atoms in total. The van der Waals surface area contributed by atoms with Crippen LogP contribution in [0, 0.1) is 19.8 Å². The molecule has 0 bridgehead atoms. The lowest BCUT2D eigenvalue weighted by Crippen LogP contribution is -2.48. The zero-order chi connectivity index (χ0) is 33.5. The average molecular weight is 641 g/mol. The fourth-order valence-corrected chi connectivity index (χ4v) is 5.58. The van der Waals surface area contributed by atoms with E-state index in [0.29, 0.717) is 43.3 Å². The summed E-state index contributed by atoms with van der Waals surface area (Å²) in [6.45, 7) is 10.9. The number of nitrogens with zero attached hydrogens (tertiary/aromatic N) is 4. The van der Waals surface area contributed by atoms with Crippen LogP contribution in [0.5, 0.6) is 5.75 Å². The number of carbonyl (C=O) groups excluding carboxylic acids is 3. The Balaban J connectivity index is 1.40. The third kappa shape index (κ3) is 8.66. The van der Waals surface area contributed by atoms with E-state index in [9.17, 15) is 14.4 Å². The summed E-state index contributed by atoms with van der Waals surface area (Å²) in [4.78, 5) is 46.8. The van der Waals surface area contributed by atoms with Gasteiger partial charge >= 0.3 is 0 Å². The van der Waals surface area contributed by atoms with E-state index in [4.69, 9.17) is 19.2 Å². The van der Waals surface area contributed by atoms with Gasteiger partial charge in [0, 0.05) is 30.6 Å². The second-order valence-electron chi connectivity index (χ2n) is 12.6. The Morgan fingerprint density at radius 1 is 1.02 bits per heavy atom. The second kappa shape index (κ2) is 15.1. The van der Waals surface area contributed by atoms with E-state index in [1.165, 1.54) is 0 Å². The Kier molecular flexibility index (Phi) is 10.7. The predicted molar refractivity (Wildman–Crippen MR) is 177 cm³/mol. The monoisotopic (exact) mass is 640 g/mol. The highest BCUT2D eigenvalue weighted by Crippen LogP contribution is 2.22. The molecule has 5 rings (SSSR count). The minimum Gasteiger partial charge on any atom is -0.489 e. The highest BCUT2D eigenvalue weighted by Gasteiger charge is 2.28. The Morgan fingerprint density at radius 2 is 1.77 bits per heavy atom. The van der Waals surface area contributed by atoms with Crippen molar-refractivity contribution in [3.05, 3.63) is 89.1 Å². The zero-order valence-corrected chi connectivity index (χ0v) is 27.8. The third-order valence-electron chi connectivity index (χ3n) is 8.18. The van der Waals surface area contributed by atoms with Crippen LogP contribution in [-0.4, -0.2) is 56.5 Å². The van der Waals surface area contributed by atoms with Gasteiger partial charge in [0.2, 0.25) is 11.8 Å². The van der Waals surface area contributed by atoms with Crippen LogP contribution in [0.1, 0.15) is 79.3 Å². The first kappa shape index (κ1) is 33.4. The van der Waals surface area contributed by atoms with E-state index >= 15 is 0 Å². The van der Waals surface area contributed by atoms with Crippen LogP contribution in [0.25, 0.3) is 11.4 Å². The van der Waals surface area contributed by atoms with E-state index < -0.39 is 12.1 Å². The molecule has 11 heteroatoms. The van der Waals surface area contributed by atoms with Crippen molar-refractivity contribution in [1.82, 2.24) is 30.3 Å². The molecule has 2 aromatic carbocycles. The first-order valence-corrected chi connectivity index (χ1v) is 16.2. The van der Waals surface area contributed by atoms with E-state index in [0.717, 1.165) is 22.4 Å². The molecule has 0 fully saturated rings. The molecule has 0 saturated carbocycles. The number of hydrogen-bond donors (Lipinski definition) is 2. The topological polar surface area (TPSA) is 132 Å². The third-order valence-corrected chi connectivity index (χ3v) is 8.18. The van der Waals surface area contributed by atoms with Crippen molar-refractivity contribution in [3.8, 4) is 17.1 Å². The van der Waals surface area contributed by atoms with Gasteiger partial charge < -0.3 is 24.7 Å². The number of benzene rings is 2. The van der Waals surface area contributed by atoms with Gasteiger partial charge in [-0.25, -0.2) is 9.67 Å². The van der Waals surface area contributed by atoms with Crippen LogP contribution >= 0.6 is 0 Å². The Bertz CT molecular complexity index is 1680. The van der Waals surface area contributed by atoms with Crippen LogP contribution in [0.3, 0.4) is 0 Å². The van der Waals surface area contributed by atoms with Gasteiger partial charge in [-0.15, -0.1) is 0 Å². The molecule has 2 aromatic heterocycles. The quantitative estimate of drug-likeness (QED) is 0.277. The zero-order valence-electron chi connectivity index (χ0n) is 27.8. The van der Waals surface area contributed by atoms with Gasteiger partial charge in [0.1, 0.15) is 30.0 Å². The molecular formula is C36H44N6O5. The fraction of sp³-hybridized carbons (Fsp3) is 0.417. The number of nitrogens with one attached hydrogen (secondary N) is 2. The molecule has 1 aliphatic rings. The number of rotatable bonds is 7. The molecule has 2 N–H and O–H groups in total. The number of fused-ring (bicyclic) bond motifs is 1. The minimum absolute atomic E-state index is 0.167. The summed E-state index contributed by atoms with van der Waals surface area (Å²) < 4.78 is 13.6. The largest absolute Gasteiger partial charge is 0.489 e. The van der Waals surface area contributed by atoms with Gasteiger partial charge in [-0.1, -0.05) is 61.9 Å². The number of ether oxygens (including phenoxy) is 1. The number of aromatic nitrogens is 3. The summed E-state index contributed by atoms with van der Waals surface area (Å²) >= 11 is 0. The maximum Gasteiger partial charge on any atom is 0.289 e. The van der Waals surface area contributed by atoms with Crippen LogP contribution < -0.4 is 15.4 Å². The summed E-state index contributed by atoms with van der Waals surface area (Å²) in [6, 6.07) is 17.9. The minimum atomic E-state index is -0.692. The molecule has 0 spiro atoms. The Labute approximate surface area is 275 Å². The van der Waals surface area contributed by atoms with Crippen molar-refractivity contribution < 1.29 is 23.5 Å². The van der Waals surface area contributed by atoms with E-state index in [1.807, 2.05) is 89.2 Å². The van der Waals surface area contributed by atoms with Gasteiger partial charge in [0.05, 0.1) is 12.6 Å².